The van der Waals surface area contributed by atoms with Crippen LogP contribution in [0, 0.1) is 10.1 Å². The Hall–Kier alpha value is -3.11. The van der Waals surface area contributed by atoms with Gasteiger partial charge in [0.05, 0.1) is 11.3 Å². The highest BCUT2D eigenvalue weighted by atomic mass is 19.4. The number of rotatable bonds is 4. The first kappa shape index (κ1) is 15.3. The molecule has 11 heteroatoms. The zero-order valence-electron chi connectivity index (χ0n) is 10.5. The number of aromatic amines is 1. The van der Waals surface area contributed by atoms with Crippen molar-refractivity contribution in [2.24, 2.45) is 0 Å². The zero-order chi connectivity index (χ0) is 16.3. The van der Waals surface area contributed by atoms with Gasteiger partial charge in [-0.2, -0.15) is 0 Å². The summed E-state index contributed by atoms with van der Waals surface area (Å²) in [6, 6.07) is 4.39. The van der Waals surface area contributed by atoms with Crippen LogP contribution < -0.4 is 15.6 Å². The number of nitro groups is 1. The number of hydrogen-bond donors (Lipinski definition) is 2. The van der Waals surface area contributed by atoms with E-state index < -0.39 is 28.3 Å². The van der Waals surface area contributed by atoms with Crippen LogP contribution >= 0.6 is 0 Å². The first-order chi connectivity index (χ1) is 10.3. The molecule has 0 saturated carbocycles. The van der Waals surface area contributed by atoms with E-state index >= 15 is 0 Å². The number of ether oxygens (including phenoxy) is 1. The van der Waals surface area contributed by atoms with Gasteiger partial charge in [0.1, 0.15) is 5.75 Å². The Bertz CT molecular complexity index is 742. The molecule has 1 heterocycles. The van der Waals surface area contributed by atoms with Crippen molar-refractivity contribution in [3.63, 3.8) is 0 Å². The maximum atomic E-state index is 12.0. The molecule has 0 saturated heterocycles. The van der Waals surface area contributed by atoms with Gasteiger partial charge in [-0.25, -0.2) is 4.98 Å². The zero-order valence-corrected chi connectivity index (χ0v) is 10.5. The number of hydrogen-bond acceptors (Lipinski definition) is 6. The number of alkyl halides is 3. The second kappa shape index (κ2) is 5.71. The SMILES string of the molecule is O=c1[nH]cnc(Nc2ccc(OC(F)(F)F)cc2)c1[N+](=O)[O-]. The molecule has 0 spiro atoms. The summed E-state index contributed by atoms with van der Waals surface area (Å²) in [6.07, 6.45) is -3.86. The van der Waals surface area contributed by atoms with Crippen LogP contribution in [0.25, 0.3) is 0 Å². The summed E-state index contributed by atoms with van der Waals surface area (Å²) in [5.41, 5.74) is -1.58. The first-order valence-corrected chi connectivity index (χ1v) is 5.61. The summed E-state index contributed by atoms with van der Waals surface area (Å²) in [7, 11) is 0. The molecule has 8 nitrogen and oxygen atoms in total. The number of benzene rings is 1. The van der Waals surface area contributed by atoms with Gasteiger partial charge in [-0.05, 0) is 24.3 Å². The van der Waals surface area contributed by atoms with E-state index in [1.54, 1.807) is 0 Å². The smallest absolute Gasteiger partial charge is 0.406 e. The maximum absolute atomic E-state index is 12.0. The summed E-state index contributed by atoms with van der Waals surface area (Å²) in [4.78, 5) is 26.9. The average molecular weight is 316 g/mol. The Morgan fingerprint density at radius 3 is 2.45 bits per heavy atom. The van der Waals surface area contributed by atoms with E-state index in [-0.39, 0.29) is 11.5 Å². The molecule has 0 unspecified atom stereocenters. The van der Waals surface area contributed by atoms with Gasteiger partial charge in [0, 0.05) is 5.69 Å². The molecule has 0 bridgehead atoms. The quantitative estimate of drug-likeness (QED) is 0.661. The third kappa shape index (κ3) is 3.71. The Morgan fingerprint density at radius 1 is 1.27 bits per heavy atom. The fourth-order valence-corrected chi connectivity index (χ4v) is 1.53. The molecule has 1 aromatic carbocycles. The van der Waals surface area contributed by atoms with Crippen molar-refractivity contribution in [2.75, 3.05) is 5.32 Å². The van der Waals surface area contributed by atoms with Crippen LogP contribution in [-0.4, -0.2) is 21.3 Å². The Balaban J connectivity index is 2.24. The van der Waals surface area contributed by atoms with Crippen molar-refractivity contribution in [2.45, 2.75) is 6.36 Å². The second-order valence-corrected chi connectivity index (χ2v) is 3.88. The molecule has 0 aliphatic heterocycles. The van der Waals surface area contributed by atoms with Crippen LogP contribution in [0.5, 0.6) is 5.75 Å². The Labute approximate surface area is 119 Å². The fourth-order valence-electron chi connectivity index (χ4n) is 1.53. The summed E-state index contributed by atoms with van der Waals surface area (Å²) < 4.78 is 39.7. The third-order valence-corrected chi connectivity index (χ3v) is 2.36. The van der Waals surface area contributed by atoms with Gasteiger partial charge >= 0.3 is 17.6 Å². The van der Waals surface area contributed by atoms with Crippen molar-refractivity contribution in [1.29, 1.82) is 0 Å². The van der Waals surface area contributed by atoms with Crippen LogP contribution in [0.15, 0.2) is 35.4 Å². The van der Waals surface area contributed by atoms with Gasteiger partial charge in [0.2, 0.25) is 5.82 Å². The van der Waals surface area contributed by atoms with Gasteiger partial charge in [0.15, 0.2) is 0 Å². The number of nitrogens with one attached hydrogen (secondary N) is 2. The molecule has 0 fully saturated rings. The van der Waals surface area contributed by atoms with Crippen LogP contribution in [-0.2, 0) is 0 Å². The minimum absolute atomic E-state index is 0.190. The molecule has 2 rings (SSSR count). The molecule has 22 heavy (non-hydrogen) atoms. The lowest BCUT2D eigenvalue weighted by atomic mass is 10.3. The van der Waals surface area contributed by atoms with Gasteiger partial charge < -0.3 is 15.0 Å². The number of anilines is 2. The minimum Gasteiger partial charge on any atom is -0.406 e. The van der Waals surface area contributed by atoms with E-state index in [0.717, 1.165) is 18.5 Å². The van der Waals surface area contributed by atoms with Crippen LogP contribution in [0.4, 0.5) is 30.4 Å². The molecule has 0 radical (unpaired) electrons. The molecule has 2 N–H and O–H groups in total. The maximum Gasteiger partial charge on any atom is 0.573 e. The molecule has 0 atom stereocenters. The lowest BCUT2D eigenvalue weighted by Crippen LogP contribution is -2.17. The predicted octanol–water partition coefficient (Wildman–Crippen LogP) is 2.32. The van der Waals surface area contributed by atoms with E-state index in [2.05, 4.69) is 15.0 Å². The minimum atomic E-state index is -4.82. The Kier molecular flexibility index (Phi) is 3.97. The van der Waals surface area contributed by atoms with Gasteiger partial charge in [0.25, 0.3) is 0 Å². The van der Waals surface area contributed by atoms with Crippen molar-refractivity contribution in [3.8, 4) is 5.75 Å². The van der Waals surface area contributed by atoms with E-state index in [4.69, 9.17) is 0 Å². The van der Waals surface area contributed by atoms with Crippen LogP contribution in [0.1, 0.15) is 0 Å². The van der Waals surface area contributed by atoms with Crippen LogP contribution in [0.2, 0.25) is 0 Å². The predicted molar refractivity (Wildman–Crippen MR) is 67.9 cm³/mol. The molecule has 0 aliphatic carbocycles. The molecular weight excluding hydrogens is 309 g/mol. The largest absolute Gasteiger partial charge is 0.573 e. The molecule has 1 aromatic heterocycles. The number of H-pyrrole nitrogens is 1. The van der Waals surface area contributed by atoms with Gasteiger partial charge in [-0.1, -0.05) is 0 Å². The van der Waals surface area contributed by atoms with Crippen molar-refractivity contribution < 1.29 is 22.8 Å². The summed E-state index contributed by atoms with van der Waals surface area (Å²) in [6.45, 7) is 0. The van der Waals surface area contributed by atoms with Gasteiger partial charge in [-0.15, -0.1) is 13.2 Å². The fraction of sp³-hybridized carbons (Fsp3) is 0.0909. The molecule has 2 aromatic rings. The lowest BCUT2D eigenvalue weighted by molar-refractivity contribution is -0.385. The molecule has 116 valence electrons. The van der Waals surface area contributed by atoms with Crippen molar-refractivity contribution in [1.82, 2.24) is 9.97 Å². The normalized spacial score (nSPS) is 11.0. The standard InChI is InChI=1S/C11H7F3N4O4/c12-11(13,14)22-7-3-1-6(2-4-7)17-9-8(18(20)21)10(19)16-5-15-9/h1-5H,(H2,15,16,17,19). The highest BCUT2D eigenvalue weighted by Crippen LogP contribution is 2.26. The monoisotopic (exact) mass is 316 g/mol. The number of nitrogens with zero attached hydrogens (tertiary/aromatic N) is 2. The van der Waals surface area contributed by atoms with E-state index in [1.165, 1.54) is 12.1 Å². The third-order valence-electron chi connectivity index (χ3n) is 2.36. The van der Waals surface area contributed by atoms with Gasteiger partial charge in [-0.3, -0.25) is 14.9 Å². The lowest BCUT2D eigenvalue weighted by Gasteiger charge is -2.10. The summed E-state index contributed by atoms with van der Waals surface area (Å²) >= 11 is 0. The van der Waals surface area contributed by atoms with E-state index in [0.29, 0.717) is 0 Å². The molecule has 0 aliphatic rings. The Morgan fingerprint density at radius 2 is 1.91 bits per heavy atom. The highest BCUT2D eigenvalue weighted by Gasteiger charge is 2.31. The average Bonchev–Trinajstić information content (AvgIpc) is 2.39. The van der Waals surface area contributed by atoms with Crippen molar-refractivity contribution >= 4 is 17.2 Å². The van der Waals surface area contributed by atoms with E-state index in [1.807, 2.05) is 4.98 Å². The topological polar surface area (TPSA) is 110 Å². The molecule has 0 amide bonds. The summed E-state index contributed by atoms with van der Waals surface area (Å²) in [5.74, 6) is -0.787. The van der Waals surface area contributed by atoms with Crippen molar-refractivity contribution in [3.05, 3.63) is 51.1 Å². The number of halogens is 3. The molecular formula is C11H7F3N4O4. The van der Waals surface area contributed by atoms with Crippen LogP contribution in [0.3, 0.4) is 0 Å². The van der Waals surface area contributed by atoms with E-state index in [9.17, 15) is 28.1 Å². The highest BCUT2D eigenvalue weighted by molar-refractivity contribution is 5.64. The second-order valence-electron chi connectivity index (χ2n) is 3.88. The first-order valence-electron chi connectivity index (χ1n) is 5.61. The summed E-state index contributed by atoms with van der Waals surface area (Å²) in [5, 5.41) is 13.3. The number of aromatic nitrogens is 2.